The molecule has 1 fully saturated rings. The highest BCUT2D eigenvalue weighted by Gasteiger charge is 2.33. The number of carboxylic acids is 1. The van der Waals surface area contributed by atoms with Crippen LogP contribution >= 0.6 is 0 Å². The first kappa shape index (κ1) is 15.0. The number of hydrogen-bond acceptors (Lipinski definition) is 3. The Morgan fingerprint density at radius 2 is 2.05 bits per heavy atom. The summed E-state index contributed by atoms with van der Waals surface area (Å²) in [6.07, 6.45) is 1.83. The summed E-state index contributed by atoms with van der Waals surface area (Å²) in [4.78, 5) is 34.0. The highest BCUT2D eigenvalue weighted by molar-refractivity contribution is 5.97. The fourth-order valence-corrected chi connectivity index (χ4v) is 2.22. The van der Waals surface area contributed by atoms with Crippen molar-refractivity contribution in [3.8, 4) is 0 Å². The molecule has 0 aliphatic heterocycles. The Kier molecular flexibility index (Phi) is 4.57. The lowest BCUT2D eigenvalue weighted by atomic mass is 10.1. The zero-order valence-electron chi connectivity index (χ0n) is 11.8. The Labute approximate surface area is 122 Å². The summed E-state index contributed by atoms with van der Waals surface area (Å²) in [5, 5.41) is 14.3. The molecule has 21 heavy (non-hydrogen) atoms. The molecular weight excluding hydrogens is 272 g/mol. The van der Waals surface area contributed by atoms with Crippen molar-refractivity contribution in [2.45, 2.75) is 32.2 Å². The van der Waals surface area contributed by atoms with Gasteiger partial charge in [-0.3, -0.25) is 14.4 Å². The van der Waals surface area contributed by atoms with E-state index >= 15 is 0 Å². The molecule has 0 bridgehead atoms. The van der Waals surface area contributed by atoms with Gasteiger partial charge in [0, 0.05) is 24.2 Å². The molecule has 112 valence electrons. The summed E-state index contributed by atoms with van der Waals surface area (Å²) >= 11 is 0. The Balaban J connectivity index is 2.04. The third-order valence-electron chi connectivity index (χ3n) is 3.35. The monoisotopic (exact) mass is 290 g/mol. The van der Waals surface area contributed by atoms with E-state index in [1.165, 1.54) is 6.92 Å². The molecule has 2 amide bonds. The van der Waals surface area contributed by atoms with Crippen molar-refractivity contribution >= 4 is 23.5 Å². The van der Waals surface area contributed by atoms with Gasteiger partial charge < -0.3 is 15.7 Å². The van der Waals surface area contributed by atoms with E-state index in [0.717, 1.165) is 12.8 Å². The zero-order valence-corrected chi connectivity index (χ0v) is 11.8. The topological polar surface area (TPSA) is 95.5 Å². The first-order chi connectivity index (χ1) is 9.95. The van der Waals surface area contributed by atoms with Crippen molar-refractivity contribution in [1.82, 2.24) is 5.32 Å². The highest BCUT2D eigenvalue weighted by Crippen LogP contribution is 2.34. The molecule has 1 unspecified atom stereocenters. The maximum atomic E-state index is 12.2. The van der Waals surface area contributed by atoms with Gasteiger partial charge in [-0.1, -0.05) is 6.07 Å². The van der Waals surface area contributed by atoms with Crippen LogP contribution in [0.1, 0.15) is 36.5 Å². The van der Waals surface area contributed by atoms with Gasteiger partial charge in [0.1, 0.15) is 0 Å². The number of aliphatic carboxylic acids is 1. The molecule has 1 atom stereocenters. The van der Waals surface area contributed by atoms with Crippen LogP contribution in [0.15, 0.2) is 24.3 Å². The third kappa shape index (κ3) is 4.59. The van der Waals surface area contributed by atoms with Gasteiger partial charge >= 0.3 is 5.97 Å². The summed E-state index contributed by atoms with van der Waals surface area (Å²) < 4.78 is 0. The standard InChI is InChI=1S/C15H18N2O4/c1-9(18)16-12-4-2-3-11(7-12)15(21)17-13(8-14(19)20)10-5-6-10/h2-4,7,10,13H,5-6,8H2,1H3,(H,16,18)(H,17,21)(H,19,20). The second-order valence-corrected chi connectivity index (χ2v) is 5.28. The van der Waals surface area contributed by atoms with Crippen LogP contribution in [0.4, 0.5) is 5.69 Å². The molecule has 1 aromatic carbocycles. The van der Waals surface area contributed by atoms with Gasteiger partial charge in [0.2, 0.25) is 5.91 Å². The lowest BCUT2D eigenvalue weighted by Crippen LogP contribution is -2.38. The van der Waals surface area contributed by atoms with E-state index in [1.54, 1.807) is 24.3 Å². The second kappa shape index (κ2) is 6.39. The SMILES string of the molecule is CC(=O)Nc1cccc(C(=O)NC(CC(=O)O)C2CC2)c1. The maximum absolute atomic E-state index is 12.2. The van der Waals surface area contributed by atoms with Crippen LogP contribution in [0.25, 0.3) is 0 Å². The number of carbonyl (C=O) groups is 3. The number of anilines is 1. The van der Waals surface area contributed by atoms with E-state index in [1.807, 2.05) is 0 Å². The molecule has 0 heterocycles. The molecule has 0 spiro atoms. The number of benzene rings is 1. The van der Waals surface area contributed by atoms with Crippen LogP contribution < -0.4 is 10.6 Å². The fourth-order valence-electron chi connectivity index (χ4n) is 2.22. The first-order valence-electron chi connectivity index (χ1n) is 6.86. The maximum Gasteiger partial charge on any atom is 0.305 e. The number of carbonyl (C=O) groups excluding carboxylic acids is 2. The minimum atomic E-state index is -0.917. The normalized spacial score (nSPS) is 15.1. The van der Waals surface area contributed by atoms with E-state index in [9.17, 15) is 14.4 Å². The van der Waals surface area contributed by atoms with Crippen molar-refractivity contribution < 1.29 is 19.5 Å². The van der Waals surface area contributed by atoms with E-state index in [4.69, 9.17) is 5.11 Å². The zero-order chi connectivity index (χ0) is 15.4. The van der Waals surface area contributed by atoms with Crippen LogP contribution in [0.3, 0.4) is 0 Å². The van der Waals surface area contributed by atoms with Gasteiger partial charge in [-0.05, 0) is 37.0 Å². The van der Waals surface area contributed by atoms with Crippen molar-refractivity contribution in [2.24, 2.45) is 5.92 Å². The van der Waals surface area contributed by atoms with Crippen LogP contribution in [0, 0.1) is 5.92 Å². The lowest BCUT2D eigenvalue weighted by molar-refractivity contribution is -0.137. The third-order valence-corrected chi connectivity index (χ3v) is 3.35. The van der Waals surface area contributed by atoms with E-state index < -0.39 is 5.97 Å². The van der Waals surface area contributed by atoms with Gasteiger partial charge in [0.25, 0.3) is 5.91 Å². The summed E-state index contributed by atoms with van der Waals surface area (Å²) in [6.45, 7) is 1.39. The second-order valence-electron chi connectivity index (χ2n) is 5.28. The Morgan fingerprint density at radius 3 is 2.62 bits per heavy atom. The molecule has 6 nitrogen and oxygen atoms in total. The van der Waals surface area contributed by atoms with Crippen molar-refractivity contribution in [3.63, 3.8) is 0 Å². The predicted molar refractivity (Wildman–Crippen MR) is 77.0 cm³/mol. The van der Waals surface area contributed by atoms with E-state index in [2.05, 4.69) is 10.6 Å². The molecule has 6 heteroatoms. The minimum absolute atomic E-state index is 0.0677. The fraction of sp³-hybridized carbons (Fsp3) is 0.400. The lowest BCUT2D eigenvalue weighted by Gasteiger charge is -2.16. The average Bonchev–Trinajstić information content (AvgIpc) is 3.21. The van der Waals surface area contributed by atoms with Gasteiger partial charge in [-0.15, -0.1) is 0 Å². The molecule has 1 aliphatic rings. The van der Waals surface area contributed by atoms with E-state index in [0.29, 0.717) is 11.3 Å². The quantitative estimate of drug-likeness (QED) is 0.742. The first-order valence-corrected chi connectivity index (χ1v) is 6.86. The molecule has 1 aliphatic carbocycles. The van der Waals surface area contributed by atoms with Crippen LogP contribution in [0.5, 0.6) is 0 Å². The Hall–Kier alpha value is -2.37. The van der Waals surface area contributed by atoms with Crippen LogP contribution in [-0.4, -0.2) is 28.9 Å². The molecule has 3 N–H and O–H groups in total. The summed E-state index contributed by atoms with van der Waals surface area (Å²) in [5.41, 5.74) is 0.939. The molecule has 1 aromatic rings. The average molecular weight is 290 g/mol. The van der Waals surface area contributed by atoms with Gasteiger partial charge in [-0.25, -0.2) is 0 Å². The minimum Gasteiger partial charge on any atom is -0.481 e. The molecule has 0 saturated heterocycles. The number of hydrogen-bond donors (Lipinski definition) is 3. The predicted octanol–water partition coefficient (Wildman–Crippen LogP) is 1.63. The molecule has 2 rings (SSSR count). The number of amides is 2. The molecule has 0 radical (unpaired) electrons. The summed E-state index contributed by atoms with van der Waals surface area (Å²) in [5.74, 6) is -1.20. The highest BCUT2D eigenvalue weighted by atomic mass is 16.4. The summed E-state index contributed by atoms with van der Waals surface area (Å²) in [6, 6.07) is 6.23. The number of carboxylic acid groups (broad SMARTS) is 1. The van der Waals surface area contributed by atoms with E-state index in [-0.39, 0.29) is 30.2 Å². The van der Waals surface area contributed by atoms with Crippen molar-refractivity contribution in [1.29, 1.82) is 0 Å². The summed E-state index contributed by atoms with van der Waals surface area (Å²) in [7, 11) is 0. The number of nitrogens with one attached hydrogen (secondary N) is 2. The van der Waals surface area contributed by atoms with Gasteiger partial charge in [0.05, 0.1) is 6.42 Å². The van der Waals surface area contributed by atoms with Crippen LogP contribution in [0.2, 0.25) is 0 Å². The number of rotatable bonds is 6. The molecule has 0 aromatic heterocycles. The Bertz CT molecular complexity index is 567. The Morgan fingerprint density at radius 1 is 1.33 bits per heavy atom. The smallest absolute Gasteiger partial charge is 0.305 e. The largest absolute Gasteiger partial charge is 0.481 e. The van der Waals surface area contributed by atoms with Crippen LogP contribution in [-0.2, 0) is 9.59 Å². The van der Waals surface area contributed by atoms with Crippen molar-refractivity contribution in [3.05, 3.63) is 29.8 Å². The van der Waals surface area contributed by atoms with Gasteiger partial charge in [-0.2, -0.15) is 0 Å². The van der Waals surface area contributed by atoms with Gasteiger partial charge in [0.15, 0.2) is 0 Å². The molecule has 1 saturated carbocycles. The molecular formula is C15H18N2O4. The van der Waals surface area contributed by atoms with Crippen molar-refractivity contribution in [2.75, 3.05) is 5.32 Å².